The molecule has 1 aromatic carbocycles. The third kappa shape index (κ3) is 2.94. The van der Waals surface area contributed by atoms with Crippen LogP contribution in [0, 0.1) is 5.92 Å². The fourth-order valence-electron chi connectivity index (χ4n) is 2.97. The molecule has 1 aromatic heterocycles. The van der Waals surface area contributed by atoms with Crippen molar-refractivity contribution in [1.82, 2.24) is 9.55 Å². The van der Waals surface area contributed by atoms with Crippen molar-refractivity contribution >= 4 is 17.0 Å². The molecular weight excluding hydrogens is 264 g/mol. The number of para-hydroxylation sites is 1. The van der Waals surface area contributed by atoms with Crippen molar-refractivity contribution in [3.8, 4) is 0 Å². The van der Waals surface area contributed by atoms with Gasteiger partial charge in [0, 0.05) is 12.0 Å². The number of aromatic nitrogens is 2. The van der Waals surface area contributed by atoms with E-state index in [1.165, 1.54) is 0 Å². The molecule has 0 spiro atoms. The second-order valence-corrected chi connectivity index (χ2v) is 6.45. The Morgan fingerprint density at radius 2 is 1.90 bits per heavy atom. The van der Waals surface area contributed by atoms with Crippen LogP contribution in [0.4, 0.5) is 0 Å². The Morgan fingerprint density at radius 3 is 2.43 bits per heavy atom. The summed E-state index contributed by atoms with van der Waals surface area (Å²) in [5.41, 5.74) is 1.81. The molecule has 2 aromatic rings. The molecule has 1 unspecified atom stereocenters. The van der Waals surface area contributed by atoms with Gasteiger partial charge in [0.25, 0.3) is 0 Å². The zero-order chi connectivity index (χ0) is 15.7. The monoisotopic (exact) mass is 288 g/mol. The van der Waals surface area contributed by atoms with E-state index >= 15 is 0 Å². The van der Waals surface area contributed by atoms with Crippen LogP contribution in [-0.4, -0.2) is 20.6 Å². The van der Waals surface area contributed by atoms with Crippen LogP contribution in [0.1, 0.15) is 69.2 Å². The van der Waals surface area contributed by atoms with E-state index < -0.39 is 5.97 Å². The molecule has 114 valence electrons. The van der Waals surface area contributed by atoms with Gasteiger partial charge in [0.2, 0.25) is 0 Å². The molecule has 0 bridgehead atoms. The number of nitrogens with zero attached hydrogens (tertiary/aromatic N) is 2. The number of carbonyl (C=O) groups is 1. The van der Waals surface area contributed by atoms with Crippen molar-refractivity contribution < 1.29 is 9.90 Å². The molecule has 0 fully saturated rings. The number of carboxylic acid groups (broad SMARTS) is 1. The molecule has 0 saturated carbocycles. The number of aromatic carboxylic acids is 1. The van der Waals surface area contributed by atoms with E-state index in [2.05, 4.69) is 44.2 Å². The third-order valence-electron chi connectivity index (χ3n) is 3.75. The second-order valence-electron chi connectivity index (χ2n) is 6.45. The Balaban J connectivity index is 2.69. The lowest BCUT2D eigenvalue weighted by Crippen LogP contribution is -2.12. The molecule has 21 heavy (non-hydrogen) atoms. The van der Waals surface area contributed by atoms with Crippen LogP contribution in [0.3, 0.4) is 0 Å². The molecule has 4 heteroatoms. The number of hydrogen-bond acceptors (Lipinski definition) is 2. The first-order chi connectivity index (χ1) is 9.82. The summed E-state index contributed by atoms with van der Waals surface area (Å²) in [5.74, 6) is 0.887. The van der Waals surface area contributed by atoms with Gasteiger partial charge >= 0.3 is 5.97 Å². The van der Waals surface area contributed by atoms with Crippen LogP contribution < -0.4 is 0 Å². The summed E-state index contributed by atoms with van der Waals surface area (Å²) >= 11 is 0. The molecule has 4 nitrogen and oxygen atoms in total. The average molecular weight is 288 g/mol. The Labute approximate surface area is 125 Å². The summed E-state index contributed by atoms with van der Waals surface area (Å²) in [7, 11) is 0. The normalized spacial score (nSPS) is 13.3. The fourth-order valence-corrected chi connectivity index (χ4v) is 2.97. The average Bonchev–Trinajstić information content (AvgIpc) is 2.76. The number of carboxylic acids is 1. The van der Waals surface area contributed by atoms with Crippen LogP contribution in [0.15, 0.2) is 18.2 Å². The maximum absolute atomic E-state index is 11.4. The third-order valence-corrected chi connectivity index (χ3v) is 3.75. The molecule has 2 rings (SSSR count). The summed E-state index contributed by atoms with van der Waals surface area (Å²) in [4.78, 5) is 16.0. The first kappa shape index (κ1) is 15.5. The highest BCUT2D eigenvalue weighted by molar-refractivity contribution is 6.01. The topological polar surface area (TPSA) is 55.1 Å². The number of hydrogen-bond donors (Lipinski definition) is 1. The van der Waals surface area contributed by atoms with Gasteiger partial charge in [-0.1, -0.05) is 33.8 Å². The summed E-state index contributed by atoms with van der Waals surface area (Å²) < 4.78 is 2.21. The minimum absolute atomic E-state index is 0.258. The van der Waals surface area contributed by atoms with Gasteiger partial charge < -0.3 is 9.67 Å². The van der Waals surface area contributed by atoms with Crippen molar-refractivity contribution in [2.45, 2.75) is 53.0 Å². The van der Waals surface area contributed by atoms with Gasteiger partial charge in [-0.15, -0.1) is 0 Å². The molecule has 0 radical (unpaired) electrons. The Kier molecular flexibility index (Phi) is 4.35. The van der Waals surface area contributed by atoms with Crippen molar-refractivity contribution in [2.24, 2.45) is 5.92 Å². The van der Waals surface area contributed by atoms with E-state index in [9.17, 15) is 9.90 Å². The number of rotatable bonds is 5. The summed E-state index contributed by atoms with van der Waals surface area (Å²) in [6.45, 7) is 10.8. The van der Waals surface area contributed by atoms with Gasteiger partial charge in [0.05, 0.1) is 11.1 Å². The molecule has 0 aliphatic carbocycles. The minimum Gasteiger partial charge on any atom is -0.478 e. The van der Waals surface area contributed by atoms with Crippen molar-refractivity contribution in [3.63, 3.8) is 0 Å². The van der Waals surface area contributed by atoms with E-state index in [0.29, 0.717) is 17.5 Å². The highest BCUT2D eigenvalue weighted by Gasteiger charge is 2.21. The van der Waals surface area contributed by atoms with Crippen LogP contribution in [-0.2, 0) is 0 Å². The number of benzene rings is 1. The van der Waals surface area contributed by atoms with E-state index in [4.69, 9.17) is 0 Å². The van der Waals surface area contributed by atoms with E-state index in [1.54, 1.807) is 12.1 Å². The predicted molar refractivity (Wildman–Crippen MR) is 84.9 cm³/mol. The highest BCUT2D eigenvalue weighted by Crippen LogP contribution is 2.30. The Morgan fingerprint density at radius 1 is 1.24 bits per heavy atom. The fraction of sp³-hybridized carbons (Fsp3) is 0.529. The van der Waals surface area contributed by atoms with Gasteiger partial charge in [0.15, 0.2) is 0 Å². The lowest BCUT2D eigenvalue weighted by molar-refractivity contribution is 0.0699. The Hall–Kier alpha value is -1.84. The van der Waals surface area contributed by atoms with E-state index in [1.807, 2.05) is 6.07 Å². The van der Waals surface area contributed by atoms with Crippen LogP contribution in [0.25, 0.3) is 11.0 Å². The molecule has 0 amide bonds. The van der Waals surface area contributed by atoms with Crippen LogP contribution in [0.2, 0.25) is 0 Å². The molecular formula is C17H24N2O2. The summed E-state index contributed by atoms with van der Waals surface area (Å²) in [6.07, 6.45) is 1.04. The van der Waals surface area contributed by atoms with E-state index in [0.717, 1.165) is 17.8 Å². The summed E-state index contributed by atoms with van der Waals surface area (Å²) in [5, 5.41) is 9.36. The molecule has 1 N–H and O–H groups in total. The number of fused-ring (bicyclic) bond motifs is 1. The van der Waals surface area contributed by atoms with Crippen LogP contribution in [0.5, 0.6) is 0 Å². The standard InChI is InChI=1S/C17H24N2O2/c1-10(2)9-12(5)19-14-8-6-7-13(17(20)21)15(14)18-16(19)11(3)4/h6-8,10-12H,9H2,1-5H3,(H,20,21). The van der Waals surface area contributed by atoms with E-state index in [-0.39, 0.29) is 11.5 Å². The zero-order valence-corrected chi connectivity index (χ0v) is 13.4. The first-order valence-electron chi connectivity index (χ1n) is 7.57. The maximum Gasteiger partial charge on any atom is 0.337 e. The second kappa shape index (κ2) is 5.88. The Bertz CT molecular complexity index is 656. The molecule has 0 aliphatic heterocycles. The van der Waals surface area contributed by atoms with Gasteiger partial charge in [-0.2, -0.15) is 0 Å². The number of imidazole rings is 1. The van der Waals surface area contributed by atoms with Gasteiger partial charge in [0.1, 0.15) is 11.3 Å². The highest BCUT2D eigenvalue weighted by atomic mass is 16.4. The van der Waals surface area contributed by atoms with Gasteiger partial charge in [-0.3, -0.25) is 0 Å². The van der Waals surface area contributed by atoms with Crippen molar-refractivity contribution in [3.05, 3.63) is 29.6 Å². The smallest absolute Gasteiger partial charge is 0.337 e. The largest absolute Gasteiger partial charge is 0.478 e. The van der Waals surface area contributed by atoms with Crippen molar-refractivity contribution in [2.75, 3.05) is 0 Å². The molecule has 1 heterocycles. The first-order valence-corrected chi connectivity index (χ1v) is 7.57. The molecule has 0 aliphatic rings. The van der Waals surface area contributed by atoms with Crippen molar-refractivity contribution in [1.29, 1.82) is 0 Å². The summed E-state index contributed by atoms with van der Waals surface area (Å²) in [6, 6.07) is 5.70. The molecule has 0 saturated heterocycles. The van der Waals surface area contributed by atoms with Gasteiger partial charge in [-0.05, 0) is 31.4 Å². The lowest BCUT2D eigenvalue weighted by Gasteiger charge is -2.21. The quantitative estimate of drug-likeness (QED) is 0.883. The molecule has 1 atom stereocenters. The maximum atomic E-state index is 11.4. The SMILES string of the molecule is CC(C)CC(C)n1c(C(C)C)nc2c(C(=O)O)cccc21. The zero-order valence-electron chi connectivity index (χ0n) is 13.4. The minimum atomic E-state index is -0.919. The predicted octanol–water partition coefficient (Wildman–Crippen LogP) is 4.47. The lowest BCUT2D eigenvalue weighted by atomic mass is 10.0. The van der Waals surface area contributed by atoms with Gasteiger partial charge in [-0.25, -0.2) is 9.78 Å². The van der Waals surface area contributed by atoms with Crippen LogP contribution >= 0.6 is 0 Å².